The van der Waals surface area contributed by atoms with Crippen LogP contribution in [0, 0.1) is 19.3 Å². The molecule has 1 heterocycles. The maximum Gasteiger partial charge on any atom is 0.286 e. The van der Waals surface area contributed by atoms with E-state index in [4.69, 9.17) is 15.9 Å². The van der Waals surface area contributed by atoms with E-state index in [0.29, 0.717) is 23.7 Å². The van der Waals surface area contributed by atoms with Crippen molar-refractivity contribution in [2.45, 2.75) is 20.4 Å². The van der Waals surface area contributed by atoms with Crippen LogP contribution in [0.4, 0.5) is 0 Å². The van der Waals surface area contributed by atoms with E-state index in [0.717, 1.165) is 21.5 Å². The summed E-state index contributed by atoms with van der Waals surface area (Å²) in [6.07, 6.45) is 5.49. The zero-order chi connectivity index (χ0) is 19.2. The van der Waals surface area contributed by atoms with Crippen LogP contribution in [-0.4, -0.2) is 23.7 Å². The highest BCUT2D eigenvalue weighted by Crippen LogP contribution is 2.23. The minimum Gasteiger partial charge on any atom is -0.494 e. The third kappa shape index (κ3) is 4.57. The van der Waals surface area contributed by atoms with Crippen molar-refractivity contribution in [3.8, 4) is 23.8 Å². The number of thiazole rings is 1. The number of rotatable bonds is 6. The third-order valence-corrected chi connectivity index (χ3v) is 4.86. The normalized spacial score (nSPS) is 11.4. The molecule has 5 nitrogen and oxygen atoms in total. The molecule has 0 atom stereocenters. The summed E-state index contributed by atoms with van der Waals surface area (Å²) in [4.78, 5) is 17.0. The Balaban J connectivity index is 1.86. The first-order valence-electron chi connectivity index (χ1n) is 8.57. The summed E-state index contributed by atoms with van der Waals surface area (Å²) >= 11 is 1.40. The second kappa shape index (κ2) is 8.56. The fraction of sp³-hybridized carbons (Fsp3) is 0.238. The summed E-state index contributed by atoms with van der Waals surface area (Å²) in [5, 5.41) is 0. The van der Waals surface area contributed by atoms with E-state index in [1.807, 2.05) is 60.9 Å². The lowest BCUT2D eigenvalue weighted by atomic mass is 10.2. The maximum atomic E-state index is 12.3. The van der Waals surface area contributed by atoms with Crippen molar-refractivity contribution in [3.63, 3.8) is 0 Å². The Hall–Kier alpha value is -3.04. The van der Waals surface area contributed by atoms with Gasteiger partial charge in [-0.2, -0.15) is 4.99 Å². The zero-order valence-electron chi connectivity index (χ0n) is 15.3. The van der Waals surface area contributed by atoms with Crippen molar-refractivity contribution in [2.24, 2.45) is 4.99 Å². The summed E-state index contributed by atoms with van der Waals surface area (Å²) in [6, 6.07) is 13.3. The zero-order valence-corrected chi connectivity index (χ0v) is 16.1. The molecule has 0 aliphatic heterocycles. The fourth-order valence-electron chi connectivity index (χ4n) is 2.56. The average Bonchev–Trinajstić information content (AvgIpc) is 2.98. The van der Waals surface area contributed by atoms with E-state index < -0.39 is 0 Å². The smallest absolute Gasteiger partial charge is 0.286 e. The molecule has 2 aromatic carbocycles. The number of nitrogens with zero attached hydrogens (tertiary/aromatic N) is 2. The van der Waals surface area contributed by atoms with Crippen LogP contribution in [0.2, 0.25) is 0 Å². The van der Waals surface area contributed by atoms with Crippen molar-refractivity contribution >= 4 is 27.5 Å². The molecule has 0 unspecified atom stereocenters. The van der Waals surface area contributed by atoms with Gasteiger partial charge in [0.15, 0.2) is 11.4 Å². The van der Waals surface area contributed by atoms with E-state index in [-0.39, 0.29) is 12.5 Å². The van der Waals surface area contributed by atoms with Crippen molar-refractivity contribution in [1.82, 2.24) is 4.57 Å². The molecule has 27 heavy (non-hydrogen) atoms. The van der Waals surface area contributed by atoms with E-state index in [1.54, 1.807) is 0 Å². The van der Waals surface area contributed by atoms with Gasteiger partial charge in [0, 0.05) is 0 Å². The highest BCUT2D eigenvalue weighted by atomic mass is 32.1. The molecular weight excluding hydrogens is 360 g/mol. The molecule has 0 saturated heterocycles. The summed E-state index contributed by atoms with van der Waals surface area (Å²) in [7, 11) is 0. The van der Waals surface area contributed by atoms with Gasteiger partial charge in [-0.05, 0) is 44.2 Å². The van der Waals surface area contributed by atoms with Crippen molar-refractivity contribution < 1.29 is 14.3 Å². The van der Waals surface area contributed by atoms with Crippen LogP contribution in [0.1, 0.15) is 12.5 Å². The molecule has 1 aromatic heterocycles. The molecule has 0 aliphatic carbocycles. The van der Waals surface area contributed by atoms with Crippen LogP contribution in [0.25, 0.3) is 10.2 Å². The van der Waals surface area contributed by atoms with Gasteiger partial charge < -0.3 is 14.0 Å². The minimum atomic E-state index is -0.363. The lowest BCUT2D eigenvalue weighted by molar-refractivity contribution is -0.120. The molecule has 0 spiro atoms. The van der Waals surface area contributed by atoms with Crippen LogP contribution >= 0.6 is 11.3 Å². The number of carbonyl (C=O) groups is 1. The van der Waals surface area contributed by atoms with Gasteiger partial charge in [-0.15, -0.1) is 6.42 Å². The largest absolute Gasteiger partial charge is 0.494 e. The molecule has 0 aliphatic rings. The number of terminal acetylenes is 1. The average molecular weight is 380 g/mol. The number of aryl methyl sites for hydroxylation is 1. The van der Waals surface area contributed by atoms with Crippen LogP contribution in [0.3, 0.4) is 0 Å². The minimum absolute atomic E-state index is 0.127. The molecule has 0 fully saturated rings. The first-order chi connectivity index (χ1) is 13.1. The Morgan fingerprint density at radius 3 is 2.63 bits per heavy atom. The monoisotopic (exact) mass is 380 g/mol. The van der Waals surface area contributed by atoms with E-state index in [2.05, 4.69) is 10.9 Å². The van der Waals surface area contributed by atoms with Gasteiger partial charge in [-0.3, -0.25) is 4.79 Å². The van der Waals surface area contributed by atoms with Crippen molar-refractivity contribution in [2.75, 3.05) is 13.2 Å². The van der Waals surface area contributed by atoms with Crippen molar-refractivity contribution in [3.05, 3.63) is 52.8 Å². The Morgan fingerprint density at radius 1 is 1.19 bits per heavy atom. The lowest BCUT2D eigenvalue weighted by Gasteiger charge is -2.04. The van der Waals surface area contributed by atoms with Crippen molar-refractivity contribution in [1.29, 1.82) is 0 Å². The second-order valence-electron chi connectivity index (χ2n) is 5.84. The van der Waals surface area contributed by atoms with Gasteiger partial charge in [0.1, 0.15) is 11.5 Å². The Labute approximate surface area is 161 Å². The lowest BCUT2D eigenvalue weighted by Crippen LogP contribution is -2.19. The highest BCUT2D eigenvalue weighted by Gasteiger charge is 2.09. The molecule has 0 N–H and O–H groups in total. The Morgan fingerprint density at radius 2 is 1.93 bits per heavy atom. The predicted octanol–water partition coefficient (Wildman–Crippen LogP) is 3.55. The van der Waals surface area contributed by atoms with Gasteiger partial charge in [0.05, 0.1) is 23.4 Å². The number of carbonyl (C=O) groups excluding carboxylic acids is 1. The molecule has 6 heteroatoms. The van der Waals surface area contributed by atoms with Crippen LogP contribution < -0.4 is 14.3 Å². The van der Waals surface area contributed by atoms with Crippen LogP contribution in [0.15, 0.2) is 47.5 Å². The number of aromatic nitrogens is 1. The predicted molar refractivity (Wildman–Crippen MR) is 107 cm³/mol. The summed E-state index contributed by atoms with van der Waals surface area (Å²) in [5.41, 5.74) is 2.05. The maximum absolute atomic E-state index is 12.3. The number of benzene rings is 2. The number of hydrogen-bond donors (Lipinski definition) is 0. The first-order valence-corrected chi connectivity index (χ1v) is 9.39. The number of amides is 1. The van der Waals surface area contributed by atoms with Gasteiger partial charge >= 0.3 is 0 Å². The topological polar surface area (TPSA) is 52.8 Å². The molecule has 0 bridgehead atoms. The van der Waals surface area contributed by atoms with Gasteiger partial charge in [0.25, 0.3) is 5.91 Å². The number of ether oxygens (including phenoxy) is 2. The van der Waals surface area contributed by atoms with Gasteiger partial charge in [-0.25, -0.2) is 0 Å². The van der Waals surface area contributed by atoms with E-state index in [1.165, 1.54) is 11.3 Å². The quantitative estimate of drug-likeness (QED) is 0.615. The van der Waals surface area contributed by atoms with E-state index in [9.17, 15) is 4.79 Å². The Kier molecular flexibility index (Phi) is 5.94. The van der Waals surface area contributed by atoms with Crippen LogP contribution in [-0.2, 0) is 11.3 Å². The third-order valence-electron chi connectivity index (χ3n) is 3.82. The first kappa shape index (κ1) is 18.7. The second-order valence-corrected chi connectivity index (χ2v) is 6.85. The molecule has 3 rings (SSSR count). The summed E-state index contributed by atoms with van der Waals surface area (Å²) in [5.74, 6) is 3.67. The molecule has 0 radical (unpaired) electrons. The van der Waals surface area contributed by atoms with Gasteiger partial charge in [0.2, 0.25) is 0 Å². The molecule has 3 aromatic rings. The standard InChI is InChI=1S/C21H20N2O3S/c1-4-12-23-18-11-10-17(25-5-2)13-19(18)27-21(23)22-20(24)14-26-16-8-6-15(3)7-9-16/h1,6-11,13H,5,12,14H2,2-3H3. The Bertz CT molecular complexity index is 1060. The molecule has 138 valence electrons. The molecular formula is C21H20N2O3S. The van der Waals surface area contributed by atoms with Crippen LogP contribution in [0.5, 0.6) is 11.5 Å². The summed E-state index contributed by atoms with van der Waals surface area (Å²) < 4.78 is 13.9. The number of hydrogen-bond acceptors (Lipinski definition) is 4. The highest BCUT2D eigenvalue weighted by molar-refractivity contribution is 7.16. The fourth-order valence-corrected chi connectivity index (χ4v) is 3.63. The SMILES string of the molecule is C#CCn1c(=NC(=O)COc2ccc(C)cc2)sc2cc(OCC)ccc21. The van der Waals surface area contributed by atoms with Gasteiger partial charge in [-0.1, -0.05) is 35.0 Å². The number of fused-ring (bicyclic) bond motifs is 1. The molecule has 0 saturated carbocycles. The van der Waals surface area contributed by atoms with E-state index >= 15 is 0 Å². The summed E-state index contributed by atoms with van der Waals surface area (Å²) in [6.45, 7) is 4.72. The molecule has 1 amide bonds.